The Morgan fingerprint density at radius 1 is 0.808 bits per heavy atom. The Hall–Kier alpha value is -8.72. The molecule has 14 atom stereocenters. The Morgan fingerprint density at radius 3 is 2.15 bits per heavy atom. The van der Waals surface area contributed by atoms with Gasteiger partial charge in [-0.2, -0.15) is 5.10 Å². The molecule has 3 aliphatic heterocycles. The third-order valence-corrected chi connectivity index (χ3v) is 20.7. The van der Waals surface area contributed by atoms with Crippen LogP contribution in [0.25, 0.3) is 0 Å². The van der Waals surface area contributed by atoms with E-state index in [0.29, 0.717) is 88.4 Å². The number of fused-ring (bicyclic) bond motifs is 2. The predicted molar refractivity (Wildman–Crippen MR) is 367 cm³/mol. The molecule has 0 radical (unpaired) electrons. The first-order valence-corrected chi connectivity index (χ1v) is 35.1. The maximum Gasteiger partial charge on any atom is 0.411 e. The lowest BCUT2D eigenvalue weighted by Gasteiger charge is -2.41. The maximum absolute atomic E-state index is 15.0. The van der Waals surface area contributed by atoms with Crippen molar-refractivity contribution in [1.29, 1.82) is 0 Å². The van der Waals surface area contributed by atoms with Crippen molar-refractivity contribution in [2.24, 2.45) is 41.2 Å². The van der Waals surface area contributed by atoms with Crippen LogP contribution in [0.5, 0.6) is 0 Å². The second kappa shape index (κ2) is 34.9. The van der Waals surface area contributed by atoms with Gasteiger partial charge in [0.2, 0.25) is 41.4 Å². The van der Waals surface area contributed by atoms with E-state index in [-0.39, 0.29) is 104 Å². The molecule has 27 nitrogen and oxygen atoms in total. The number of imide groups is 1. The first kappa shape index (κ1) is 76.0. The third-order valence-electron chi connectivity index (χ3n) is 20.7. The van der Waals surface area contributed by atoms with Crippen LogP contribution in [0.1, 0.15) is 155 Å². The van der Waals surface area contributed by atoms with Crippen LogP contribution in [0.3, 0.4) is 0 Å². The van der Waals surface area contributed by atoms with Gasteiger partial charge in [-0.15, -0.1) is 0 Å². The second-order valence-corrected chi connectivity index (χ2v) is 28.1. The van der Waals surface area contributed by atoms with Crippen molar-refractivity contribution >= 4 is 71.0 Å². The Balaban J connectivity index is 0.856. The Bertz CT molecular complexity index is 3330. The summed E-state index contributed by atoms with van der Waals surface area (Å²) in [6, 6.07) is 13.0. The summed E-state index contributed by atoms with van der Waals surface area (Å²) < 4.78 is 18.2. The number of anilines is 1. The van der Waals surface area contributed by atoms with Gasteiger partial charge in [0.15, 0.2) is 0 Å². The van der Waals surface area contributed by atoms with Crippen molar-refractivity contribution in [3.05, 3.63) is 95.8 Å². The van der Waals surface area contributed by atoms with Gasteiger partial charge < -0.3 is 61.6 Å². The molecule has 0 spiro atoms. The van der Waals surface area contributed by atoms with E-state index in [0.717, 1.165) is 16.2 Å². The Morgan fingerprint density at radius 2 is 1.52 bits per heavy atom. The number of rotatable bonds is 36. The summed E-state index contributed by atoms with van der Waals surface area (Å²) in [5.41, 5.74) is 6.67. The van der Waals surface area contributed by atoms with Crippen molar-refractivity contribution in [2.45, 2.75) is 205 Å². The van der Waals surface area contributed by atoms with Crippen molar-refractivity contribution in [2.75, 3.05) is 46.2 Å². The van der Waals surface area contributed by atoms with Gasteiger partial charge in [0.05, 0.1) is 48.4 Å². The molecule has 12 amide bonds. The van der Waals surface area contributed by atoms with Gasteiger partial charge >= 0.3 is 12.1 Å². The summed E-state index contributed by atoms with van der Waals surface area (Å²) in [5.74, 6) is -5.59. The average molecular weight is 1370 g/mol. The molecular weight excluding hydrogens is 1270 g/mol. The SMILES string of the molecule is CC[C@H](C)[C@@H]([C@@H](CC(=O)N1CCC[C@H]1[C@H](OC)[C@@H](C)C(=O)N[C@@H](Cc1ccccc1)c1ccn[nH]1)OC)N(C)C(=O)[C@@H](NC(=O)[C@@H]1[C@H]2CC[C@H](C2)N1C(=O)OCc1ccc(NC(=O)C2(NC(=O)[C@@H](NC(=O)CCCCCN3C(=O)C=CC3=O)C(C)C)CC2CCNC(N)=O)cc1)C(C)C. The first-order chi connectivity index (χ1) is 47.3. The summed E-state index contributed by atoms with van der Waals surface area (Å²) in [4.78, 5) is 155. The number of nitrogens with two attached hydrogens (primary N) is 1. The van der Waals surface area contributed by atoms with Gasteiger partial charge in [0.1, 0.15) is 30.3 Å². The Kier molecular flexibility index (Phi) is 26.8. The third kappa shape index (κ3) is 19.0. The van der Waals surface area contributed by atoms with Crippen LogP contribution in [-0.4, -0.2) is 190 Å². The number of piperidine rings is 1. The molecule has 2 saturated heterocycles. The van der Waals surface area contributed by atoms with E-state index >= 15 is 0 Å². The molecule has 9 N–H and O–H groups in total. The lowest BCUT2D eigenvalue weighted by atomic mass is 9.89. The minimum atomic E-state index is -1.39. The van der Waals surface area contributed by atoms with Gasteiger partial charge in [0.25, 0.3) is 11.8 Å². The number of methoxy groups -OCH3 is 2. The highest BCUT2D eigenvalue weighted by Gasteiger charge is 2.61. The van der Waals surface area contributed by atoms with Crippen molar-refractivity contribution < 1.29 is 67.0 Å². The van der Waals surface area contributed by atoms with Crippen molar-refractivity contribution in [3.63, 3.8) is 0 Å². The zero-order valence-electron chi connectivity index (χ0n) is 58.9. The molecule has 5 aliphatic rings. The number of amides is 12. The van der Waals surface area contributed by atoms with E-state index in [1.165, 1.54) is 24.2 Å². The maximum atomic E-state index is 15.0. The summed E-state index contributed by atoms with van der Waals surface area (Å²) in [7, 11) is 4.76. The predicted octanol–water partition coefficient (Wildman–Crippen LogP) is 5.56. The van der Waals surface area contributed by atoms with Crippen LogP contribution in [0, 0.1) is 35.5 Å². The van der Waals surface area contributed by atoms with Gasteiger partial charge in [-0.3, -0.25) is 58.0 Å². The zero-order valence-corrected chi connectivity index (χ0v) is 58.9. The number of ether oxygens (including phenoxy) is 3. The van der Waals surface area contributed by atoms with Crippen LogP contribution in [0.4, 0.5) is 15.3 Å². The van der Waals surface area contributed by atoms with E-state index in [1.807, 2.05) is 71.0 Å². The standard InChI is InChI=1S/C72H103N13O14/c1-11-44(6)62(55(97-9)39-59(89)83-36-18-21-54(83)64(98-10)45(7)65(90)77-53(52-32-34-75-81-52)37-46-19-14-12-15-20-46)82(8)68(93)61(43(4)5)79-67(92)63-48-25-28-51(38-48)85(63)71(96)99-41-47-23-26-50(27-24-47)76-69(94)72(40-49(72)31-33-74-70(73)95)80-66(91)60(42(2)3)78-56(86)22-16-13-17-35-84-57(87)29-30-58(84)88/h12,14-15,19-20,23-24,26-27,29-30,32,34,42-45,48-49,51,53-55,60-64H,11,13,16-18,21-22,25,28,31,33,35-41H2,1-10H3,(H,75,81)(H,76,94)(H,77,90)(H,78,86)(H,79,92)(H,80,91)(H3,73,74,95)/t44-,45+,48-,49?,51+,53-,54-,55+,60-,61-,62-,63-,64+,72?/m0/s1. The second-order valence-electron chi connectivity index (χ2n) is 28.1. The van der Waals surface area contributed by atoms with Crippen LogP contribution in [0.15, 0.2) is 79.0 Å². The monoisotopic (exact) mass is 1370 g/mol. The number of carbonyl (C=O) groups is 11. The molecule has 2 aliphatic carbocycles. The molecule has 4 fully saturated rings. The minimum Gasteiger partial charge on any atom is -0.445 e. The van der Waals surface area contributed by atoms with Crippen LogP contribution in [-0.2, 0) is 70.4 Å². The fourth-order valence-electron chi connectivity index (χ4n) is 14.9. The number of unbranched alkanes of at least 4 members (excludes halogenated alkanes) is 2. The van der Waals surface area contributed by atoms with Crippen LogP contribution < -0.4 is 37.6 Å². The number of nitrogens with zero attached hydrogens (tertiary/aromatic N) is 5. The molecule has 540 valence electrons. The first-order valence-electron chi connectivity index (χ1n) is 35.1. The molecular formula is C72H103N13O14. The number of urea groups is 1. The highest BCUT2D eigenvalue weighted by Crippen LogP contribution is 2.47. The van der Waals surface area contributed by atoms with Gasteiger partial charge in [-0.25, -0.2) is 9.59 Å². The quantitative estimate of drug-likeness (QED) is 0.0261. The largest absolute Gasteiger partial charge is 0.445 e. The lowest BCUT2D eigenvalue weighted by Crippen LogP contribution is -2.60. The summed E-state index contributed by atoms with van der Waals surface area (Å²) in [6.45, 7) is 13.7. The number of H-pyrrole nitrogens is 1. The number of benzene rings is 2. The number of carbonyl (C=O) groups excluding carboxylic acids is 11. The molecule has 4 heterocycles. The number of primary amides is 1. The van der Waals surface area contributed by atoms with Crippen LogP contribution in [0.2, 0.25) is 0 Å². The molecule has 99 heavy (non-hydrogen) atoms. The highest BCUT2D eigenvalue weighted by molar-refractivity contribution is 6.13. The average Bonchev–Trinajstić information content (AvgIpc) is 1.59. The molecule has 27 heteroatoms. The van der Waals surface area contributed by atoms with Gasteiger partial charge in [-0.05, 0) is 123 Å². The smallest absolute Gasteiger partial charge is 0.411 e. The molecule has 1 aromatic heterocycles. The number of aromatic nitrogens is 2. The number of aromatic amines is 1. The summed E-state index contributed by atoms with van der Waals surface area (Å²) in [6.07, 6.45) is 8.58. The molecule has 2 unspecified atom stereocenters. The topological polar surface area (TPSA) is 355 Å². The molecule has 2 saturated carbocycles. The van der Waals surface area contributed by atoms with E-state index < -0.39 is 95.7 Å². The number of likely N-dealkylation sites (N-methyl/N-ethyl adjacent to an activating group) is 1. The van der Waals surface area contributed by atoms with Gasteiger partial charge in [0, 0.05) is 77.4 Å². The summed E-state index contributed by atoms with van der Waals surface area (Å²) >= 11 is 0. The zero-order chi connectivity index (χ0) is 71.8. The number of hydrogen-bond donors (Lipinski definition) is 8. The summed E-state index contributed by atoms with van der Waals surface area (Å²) in [5, 5.41) is 24.6. The molecule has 2 bridgehead atoms. The Labute approximate surface area is 580 Å². The number of likely N-dealkylation sites (tertiary alicyclic amines) is 2. The highest BCUT2D eigenvalue weighted by atomic mass is 16.6. The van der Waals surface area contributed by atoms with Gasteiger partial charge in [-0.1, -0.05) is 104 Å². The van der Waals surface area contributed by atoms with Crippen LogP contribution >= 0.6 is 0 Å². The van der Waals surface area contributed by atoms with Crippen molar-refractivity contribution in [1.82, 2.24) is 56.4 Å². The van der Waals surface area contributed by atoms with E-state index in [4.69, 9.17) is 19.9 Å². The number of hydrogen-bond acceptors (Lipinski definition) is 15. The lowest BCUT2D eigenvalue weighted by molar-refractivity contribution is -0.148. The minimum absolute atomic E-state index is 0.0655. The van der Waals surface area contributed by atoms with E-state index in [1.54, 1.807) is 68.3 Å². The fraction of sp³-hybridized carbons (Fsp3) is 0.611. The fourth-order valence-corrected chi connectivity index (χ4v) is 14.9. The molecule has 3 aromatic rings. The van der Waals surface area contributed by atoms with E-state index in [9.17, 15) is 52.7 Å². The normalized spacial score (nSPS) is 22.4. The molecule has 8 rings (SSSR count). The van der Waals surface area contributed by atoms with E-state index in [2.05, 4.69) is 42.1 Å². The number of nitrogens with one attached hydrogen (secondary N) is 7. The molecule has 2 aromatic carbocycles. The van der Waals surface area contributed by atoms with Crippen molar-refractivity contribution in [3.8, 4) is 0 Å².